The van der Waals surface area contributed by atoms with Crippen LogP contribution >= 0.6 is 15.9 Å². The largest absolute Gasteiger partial charge is 0.396 e. The normalized spacial score (nSPS) is 16.1. The molecule has 3 rings (SSSR count). The maximum atomic E-state index is 6.08. The SMILES string of the molecule is Nc1cncc(Br)c1N1CCC(Cc2ccccc2)CC1. The Morgan fingerprint density at radius 3 is 2.52 bits per heavy atom. The summed E-state index contributed by atoms with van der Waals surface area (Å²) in [5.41, 5.74) is 9.38. The molecule has 0 saturated carbocycles. The van der Waals surface area contributed by atoms with Gasteiger partial charge in [0.2, 0.25) is 0 Å². The first kappa shape index (κ1) is 14.4. The van der Waals surface area contributed by atoms with Crippen LogP contribution in [0.25, 0.3) is 0 Å². The van der Waals surface area contributed by atoms with Crippen molar-refractivity contribution >= 4 is 27.3 Å². The van der Waals surface area contributed by atoms with Gasteiger partial charge in [0, 0.05) is 19.3 Å². The average Bonchev–Trinajstić information content (AvgIpc) is 2.50. The second kappa shape index (κ2) is 6.48. The molecule has 0 amide bonds. The molecule has 21 heavy (non-hydrogen) atoms. The number of halogens is 1. The van der Waals surface area contributed by atoms with Gasteiger partial charge in [-0.2, -0.15) is 0 Å². The summed E-state index contributed by atoms with van der Waals surface area (Å²) in [5, 5.41) is 0. The molecule has 0 aliphatic carbocycles. The molecule has 1 aliphatic rings. The molecule has 1 aromatic carbocycles. The quantitative estimate of drug-likeness (QED) is 0.917. The Bertz CT molecular complexity index is 572. The smallest absolute Gasteiger partial charge is 0.0776 e. The zero-order valence-corrected chi connectivity index (χ0v) is 13.6. The number of hydrogen-bond donors (Lipinski definition) is 1. The molecular weight excluding hydrogens is 326 g/mol. The minimum atomic E-state index is 0.755. The van der Waals surface area contributed by atoms with Gasteiger partial charge in [0.25, 0.3) is 0 Å². The van der Waals surface area contributed by atoms with Crippen molar-refractivity contribution in [2.75, 3.05) is 23.7 Å². The number of hydrogen-bond acceptors (Lipinski definition) is 3. The second-order valence-electron chi connectivity index (χ2n) is 5.68. The van der Waals surface area contributed by atoms with Crippen LogP contribution in [0.2, 0.25) is 0 Å². The minimum absolute atomic E-state index is 0.755. The molecular formula is C17H20BrN3. The standard InChI is InChI=1S/C17H20BrN3/c18-15-11-20-12-16(19)17(15)21-8-6-14(7-9-21)10-13-4-2-1-3-5-13/h1-5,11-12,14H,6-10,19H2. The zero-order valence-electron chi connectivity index (χ0n) is 12.0. The van der Waals surface area contributed by atoms with Crippen molar-refractivity contribution in [3.05, 3.63) is 52.8 Å². The van der Waals surface area contributed by atoms with Gasteiger partial charge in [-0.15, -0.1) is 0 Å². The molecule has 0 unspecified atom stereocenters. The fourth-order valence-electron chi connectivity index (χ4n) is 3.08. The van der Waals surface area contributed by atoms with Crippen LogP contribution in [-0.4, -0.2) is 18.1 Å². The van der Waals surface area contributed by atoms with Gasteiger partial charge < -0.3 is 10.6 Å². The first-order valence-corrected chi connectivity index (χ1v) is 8.21. The van der Waals surface area contributed by atoms with Crippen LogP contribution in [0.15, 0.2) is 47.2 Å². The maximum Gasteiger partial charge on any atom is 0.0776 e. The lowest BCUT2D eigenvalue weighted by Gasteiger charge is -2.34. The fourth-order valence-corrected chi connectivity index (χ4v) is 3.68. The molecule has 2 aromatic rings. The van der Waals surface area contributed by atoms with Gasteiger partial charge in [0.1, 0.15) is 0 Å². The van der Waals surface area contributed by atoms with Crippen LogP contribution in [-0.2, 0) is 6.42 Å². The van der Waals surface area contributed by atoms with Crippen LogP contribution in [0.4, 0.5) is 11.4 Å². The Labute approximate surface area is 134 Å². The van der Waals surface area contributed by atoms with Crippen molar-refractivity contribution in [2.24, 2.45) is 5.92 Å². The van der Waals surface area contributed by atoms with Gasteiger partial charge in [-0.3, -0.25) is 4.98 Å². The molecule has 1 aliphatic heterocycles. The lowest BCUT2D eigenvalue weighted by atomic mass is 9.90. The first-order chi connectivity index (χ1) is 10.2. The highest BCUT2D eigenvalue weighted by Crippen LogP contribution is 2.34. The van der Waals surface area contributed by atoms with Crippen molar-refractivity contribution in [3.8, 4) is 0 Å². The molecule has 110 valence electrons. The third kappa shape index (κ3) is 3.38. The number of pyridine rings is 1. The van der Waals surface area contributed by atoms with Gasteiger partial charge in [0.05, 0.1) is 22.0 Å². The van der Waals surface area contributed by atoms with Crippen LogP contribution in [0.3, 0.4) is 0 Å². The van der Waals surface area contributed by atoms with E-state index in [2.05, 4.69) is 56.1 Å². The summed E-state index contributed by atoms with van der Waals surface area (Å²) in [5.74, 6) is 0.769. The number of benzene rings is 1. The highest BCUT2D eigenvalue weighted by Gasteiger charge is 2.22. The number of piperidine rings is 1. The van der Waals surface area contributed by atoms with Crippen molar-refractivity contribution < 1.29 is 0 Å². The van der Waals surface area contributed by atoms with Gasteiger partial charge in [-0.05, 0) is 46.7 Å². The van der Waals surface area contributed by atoms with E-state index in [9.17, 15) is 0 Å². The summed E-state index contributed by atoms with van der Waals surface area (Å²) < 4.78 is 0.990. The summed E-state index contributed by atoms with van der Waals surface area (Å²) >= 11 is 3.57. The van der Waals surface area contributed by atoms with Crippen molar-refractivity contribution in [3.63, 3.8) is 0 Å². The number of anilines is 2. The number of nitrogens with two attached hydrogens (primary N) is 1. The Kier molecular flexibility index (Phi) is 4.44. The molecule has 1 saturated heterocycles. The molecule has 1 fully saturated rings. The molecule has 0 bridgehead atoms. The Hall–Kier alpha value is -1.55. The summed E-state index contributed by atoms with van der Waals surface area (Å²) in [6.45, 7) is 2.12. The number of nitrogen functional groups attached to an aromatic ring is 1. The summed E-state index contributed by atoms with van der Waals surface area (Å²) in [7, 11) is 0. The summed E-state index contributed by atoms with van der Waals surface area (Å²) in [6.07, 6.45) is 7.16. The Morgan fingerprint density at radius 2 is 1.86 bits per heavy atom. The minimum Gasteiger partial charge on any atom is -0.396 e. The van der Waals surface area contributed by atoms with E-state index in [0.717, 1.165) is 34.9 Å². The maximum absolute atomic E-state index is 6.08. The van der Waals surface area contributed by atoms with Crippen LogP contribution in [0, 0.1) is 5.92 Å². The molecule has 4 heteroatoms. The third-order valence-corrected chi connectivity index (χ3v) is 4.78. The lowest BCUT2D eigenvalue weighted by Crippen LogP contribution is -2.35. The zero-order chi connectivity index (χ0) is 14.7. The van der Waals surface area contributed by atoms with Gasteiger partial charge in [-0.25, -0.2) is 0 Å². The Morgan fingerprint density at radius 1 is 1.14 bits per heavy atom. The molecule has 2 N–H and O–H groups in total. The molecule has 0 radical (unpaired) electrons. The monoisotopic (exact) mass is 345 g/mol. The van der Waals surface area contributed by atoms with Gasteiger partial charge >= 0.3 is 0 Å². The molecule has 2 heterocycles. The summed E-state index contributed by atoms with van der Waals surface area (Å²) in [4.78, 5) is 6.49. The van der Waals surface area contributed by atoms with Crippen molar-refractivity contribution in [1.29, 1.82) is 0 Å². The molecule has 0 spiro atoms. The highest BCUT2D eigenvalue weighted by molar-refractivity contribution is 9.10. The summed E-state index contributed by atoms with van der Waals surface area (Å²) in [6, 6.07) is 10.8. The van der Waals surface area contributed by atoms with E-state index in [1.807, 2.05) is 6.20 Å². The fraction of sp³-hybridized carbons (Fsp3) is 0.353. The number of rotatable bonds is 3. The van der Waals surface area contributed by atoms with Crippen molar-refractivity contribution in [2.45, 2.75) is 19.3 Å². The van der Waals surface area contributed by atoms with E-state index in [-0.39, 0.29) is 0 Å². The Balaban J connectivity index is 1.63. The number of nitrogens with zero attached hydrogens (tertiary/aromatic N) is 2. The molecule has 1 aromatic heterocycles. The predicted octanol–water partition coefficient (Wildman–Crippen LogP) is 3.89. The predicted molar refractivity (Wildman–Crippen MR) is 91.4 cm³/mol. The highest BCUT2D eigenvalue weighted by atomic mass is 79.9. The van der Waals surface area contributed by atoms with E-state index in [1.54, 1.807) is 6.20 Å². The van der Waals surface area contributed by atoms with Crippen LogP contribution < -0.4 is 10.6 Å². The first-order valence-electron chi connectivity index (χ1n) is 7.42. The van der Waals surface area contributed by atoms with E-state index in [4.69, 9.17) is 5.73 Å². The third-order valence-electron chi connectivity index (χ3n) is 4.20. The number of aromatic nitrogens is 1. The molecule has 3 nitrogen and oxygen atoms in total. The average molecular weight is 346 g/mol. The topological polar surface area (TPSA) is 42.1 Å². The van der Waals surface area contributed by atoms with Gasteiger partial charge in [0.15, 0.2) is 0 Å². The van der Waals surface area contributed by atoms with E-state index < -0.39 is 0 Å². The van der Waals surface area contributed by atoms with E-state index in [0.29, 0.717) is 0 Å². The van der Waals surface area contributed by atoms with Gasteiger partial charge in [-0.1, -0.05) is 30.3 Å². The van der Waals surface area contributed by atoms with E-state index in [1.165, 1.54) is 24.8 Å². The van der Waals surface area contributed by atoms with Crippen LogP contribution in [0.1, 0.15) is 18.4 Å². The molecule has 0 atom stereocenters. The lowest BCUT2D eigenvalue weighted by molar-refractivity contribution is 0.403. The van der Waals surface area contributed by atoms with Crippen LogP contribution in [0.5, 0.6) is 0 Å². The van der Waals surface area contributed by atoms with Crippen molar-refractivity contribution in [1.82, 2.24) is 4.98 Å². The second-order valence-corrected chi connectivity index (χ2v) is 6.53. The van der Waals surface area contributed by atoms with E-state index >= 15 is 0 Å².